The number of nitrogens with zero attached hydrogens (tertiary/aromatic N) is 3. The number of hydrogen-bond acceptors (Lipinski definition) is 6. The highest BCUT2D eigenvalue weighted by atomic mass is 32.1. The van der Waals surface area contributed by atoms with Gasteiger partial charge in [0.15, 0.2) is 11.6 Å². The Kier molecular flexibility index (Phi) is 6.36. The van der Waals surface area contributed by atoms with Crippen LogP contribution in [0.25, 0.3) is 21.8 Å². The second-order valence-corrected chi connectivity index (χ2v) is 9.06. The van der Waals surface area contributed by atoms with Crippen LogP contribution in [0.4, 0.5) is 0 Å². The lowest BCUT2D eigenvalue weighted by Crippen LogP contribution is -2.43. The highest BCUT2D eigenvalue weighted by Gasteiger charge is 2.30. The van der Waals surface area contributed by atoms with Crippen LogP contribution < -0.4 is 5.32 Å². The molecule has 1 saturated heterocycles. The van der Waals surface area contributed by atoms with Gasteiger partial charge in [0.05, 0.1) is 16.8 Å². The van der Waals surface area contributed by atoms with E-state index in [1.54, 1.807) is 12.3 Å². The van der Waals surface area contributed by atoms with Gasteiger partial charge in [0.2, 0.25) is 5.91 Å². The van der Waals surface area contributed by atoms with Crippen molar-refractivity contribution >= 4 is 33.4 Å². The van der Waals surface area contributed by atoms with Crippen LogP contribution in [0.1, 0.15) is 53.5 Å². The molecule has 0 saturated carbocycles. The molecule has 7 nitrogen and oxygen atoms in total. The fourth-order valence-electron chi connectivity index (χ4n) is 4.08. The molecule has 1 aliphatic heterocycles. The molecule has 1 fully saturated rings. The Bertz CT molecular complexity index is 1080. The van der Waals surface area contributed by atoms with Gasteiger partial charge in [0.1, 0.15) is 4.83 Å². The molecule has 0 aliphatic carbocycles. The lowest BCUT2D eigenvalue weighted by Gasteiger charge is -2.31. The second-order valence-electron chi connectivity index (χ2n) is 8.06. The molecule has 164 valence electrons. The zero-order valence-corrected chi connectivity index (χ0v) is 19.1. The smallest absolute Gasteiger partial charge is 0.264 e. The molecule has 4 heterocycles. The van der Waals surface area contributed by atoms with Crippen LogP contribution in [0, 0.1) is 19.8 Å². The van der Waals surface area contributed by atoms with Crippen molar-refractivity contribution in [2.75, 3.05) is 19.6 Å². The maximum atomic E-state index is 13.3. The number of unbranched alkanes of at least 4 members (excludes halogenated alkanes) is 1. The third-order valence-electron chi connectivity index (χ3n) is 5.89. The first-order valence-corrected chi connectivity index (χ1v) is 11.7. The number of hydrogen-bond donors (Lipinski definition) is 1. The van der Waals surface area contributed by atoms with Crippen LogP contribution in [-0.2, 0) is 4.79 Å². The van der Waals surface area contributed by atoms with Crippen molar-refractivity contribution < 1.29 is 14.0 Å². The van der Waals surface area contributed by atoms with Crippen molar-refractivity contribution in [2.45, 2.75) is 46.5 Å². The molecule has 0 atom stereocenters. The molecule has 1 aliphatic rings. The number of nitrogens with one attached hydrogen (secondary N) is 1. The predicted octanol–water partition coefficient (Wildman–Crippen LogP) is 4.34. The number of rotatable bonds is 6. The number of aromatic nitrogens is 2. The SMILES string of the molecule is CCCCNC(=O)C1CCN(C(=O)c2sc3nc(-c4ccco4)nc(C)c3c2C)CC1. The van der Waals surface area contributed by atoms with Gasteiger partial charge in [-0.15, -0.1) is 11.3 Å². The molecule has 8 heteroatoms. The zero-order chi connectivity index (χ0) is 22.0. The normalized spacial score (nSPS) is 14.9. The van der Waals surface area contributed by atoms with Crippen molar-refractivity contribution in [1.29, 1.82) is 0 Å². The molecule has 3 aromatic rings. The molecule has 31 heavy (non-hydrogen) atoms. The van der Waals surface area contributed by atoms with Gasteiger partial charge in [-0.3, -0.25) is 9.59 Å². The monoisotopic (exact) mass is 440 g/mol. The Balaban J connectivity index is 1.49. The third-order valence-corrected chi connectivity index (χ3v) is 7.06. The first-order chi connectivity index (χ1) is 15.0. The summed E-state index contributed by atoms with van der Waals surface area (Å²) in [7, 11) is 0. The fourth-order valence-corrected chi connectivity index (χ4v) is 5.28. The Morgan fingerprint density at radius 1 is 1.26 bits per heavy atom. The Morgan fingerprint density at radius 3 is 2.71 bits per heavy atom. The van der Waals surface area contributed by atoms with Gasteiger partial charge >= 0.3 is 0 Å². The van der Waals surface area contributed by atoms with Gasteiger partial charge in [0.25, 0.3) is 5.91 Å². The summed E-state index contributed by atoms with van der Waals surface area (Å²) in [6.45, 7) is 7.93. The summed E-state index contributed by atoms with van der Waals surface area (Å²) in [5.74, 6) is 1.28. The molecule has 4 rings (SSSR count). The van der Waals surface area contributed by atoms with Crippen LogP contribution in [0.15, 0.2) is 22.8 Å². The number of piperidine rings is 1. The standard InChI is InChI=1S/C23H28N4O3S/c1-4-5-10-24-21(28)16-8-11-27(12-9-16)23(29)19-14(2)18-15(3)25-20(26-22(18)31-19)17-7-6-13-30-17/h6-7,13,16H,4-5,8-12H2,1-3H3,(H,24,28). The molecule has 2 amide bonds. The van der Waals surface area contributed by atoms with Gasteiger partial charge < -0.3 is 14.6 Å². The van der Waals surface area contributed by atoms with E-state index in [4.69, 9.17) is 4.42 Å². The minimum Gasteiger partial charge on any atom is -0.461 e. The summed E-state index contributed by atoms with van der Waals surface area (Å²) in [6.07, 6.45) is 5.07. The van der Waals surface area contributed by atoms with E-state index in [1.165, 1.54) is 11.3 Å². The Labute approximate surface area is 185 Å². The van der Waals surface area contributed by atoms with E-state index in [0.717, 1.165) is 40.9 Å². The van der Waals surface area contributed by atoms with Crippen molar-refractivity contribution in [3.05, 3.63) is 34.5 Å². The number of furan rings is 1. The summed E-state index contributed by atoms with van der Waals surface area (Å²) < 4.78 is 5.44. The van der Waals surface area contributed by atoms with E-state index in [2.05, 4.69) is 22.2 Å². The Hall–Kier alpha value is -2.74. The van der Waals surface area contributed by atoms with Gasteiger partial charge in [0, 0.05) is 30.9 Å². The molecule has 0 aromatic carbocycles. The van der Waals surface area contributed by atoms with Crippen LogP contribution in [0.3, 0.4) is 0 Å². The van der Waals surface area contributed by atoms with Crippen LogP contribution >= 0.6 is 11.3 Å². The van der Waals surface area contributed by atoms with Crippen LogP contribution in [-0.4, -0.2) is 46.3 Å². The number of thiophene rings is 1. The van der Waals surface area contributed by atoms with Crippen molar-refractivity contribution in [3.63, 3.8) is 0 Å². The van der Waals surface area contributed by atoms with E-state index in [9.17, 15) is 9.59 Å². The van der Waals surface area contributed by atoms with Gasteiger partial charge in [-0.1, -0.05) is 13.3 Å². The highest BCUT2D eigenvalue weighted by Crippen LogP contribution is 2.34. The predicted molar refractivity (Wildman–Crippen MR) is 121 cm³/mol. The molecule has 0 unspecified atom stereocenters. The van der Waals surface area contributed by atoms with Crippen molar-refractivity contribution in [2.24, 2.45) is 5.92 Å². The summed E-state index contributed by atoms with van der Waals surface area (Å²) in [5.41, 5.74) is 1.76. The van der Waals surface area contributed by atoms with E-state index in [1.807, 2.05) is 24.8 Å². The van der Waals surface area contributed by atoms with E-state index in [-0.39, 0.29) is 17.7 Å². The summed E-state index contributed by atoms with van der Waals surface area (Å²) >= 11 is 1.41. The average Bonchev–Trinajstić information content (AvgIpc) is 3.42. The maximum absolute atomic E-state index is 13.3. The molecule has 0 spiro atoms. The molecule has 0 radical (unpaired) electrons. The maximum Gasteiger partial charge on any atom is 0.264 e. The van der Waals surface area contributed by atoms with Gasteiger partial charge in [-0.2, -0.15) is 0 Å². The second kappa shape index (κ2) is 9.18. The lowest BCUT2D eigenvalue weighted by atomic mass is 9.95. The number of carbonyl (C=O) groups excluding carboxylic acids is 2. The molecule has 0 bridgehead atoms. The Morgan fingerprint density at radius 2 is 2.03 bits per heavy atom. The van der Waals surface area contributed by atoms with Crippen LogP contribution in [0.5, 0.6) is 0 Å². The topological polar surface area (TPSA) is 88.3 Å². The summed E-state index contributed by atoms with van der Waals surface area (Å²) in [6, 6.07) is 3.64. The number of aryl methyl sites for hydroxylation is 2. The molecule has 3 aromatic heterocycles. The minimum absolute atomic E-state index is 0.00613. The van der Waals surface area contributed by atoms with Crippen molar-refractivity contribution in [1.82, 2.24) is 20.2 Å². The average molecular weight is 441 g/mol. The number of fused-ring (bicyclic) bond motifs is 1. The highest BCUT2D eigenvalue weighted by molar-refractivity contribution is 7.20. The molecule has 1 N–H and O–H groups in total. The van der Waals surface area contributed by atoms with Crippen LogP contribution in [0.2, 0.25) is 0 Å². The summed E-state index contributed by atoms with van der Waals surface area (Å²) in [4.78, 5) is 38.2. The largest absolute Gasteiger partial charge is 0.461 e. The minimum atomic E-state index is -0.00613. The third kappa shape index (κ3) is 4.35. The van der Waals surface area contributed by atoms with E-state index < -0.39 is 0 Å². The van der Waals surface area contributed by atoms with Gasteiger partial charge in [-0.05, 0) is 50.8 Å². The number of carbonyl (C=O) groups is 2. The van der Waals surface area contributed by atoms with E-state index in [0.29, 0.717) is 42.4 Å². The fraction of sp³-hybridized carbons (Fsp3) is 0.478. The molecular formula is C23H28N4O3S. The zero-order valence-electron chi connectivity index (χ0n) is 18.2. The number of amides is 2. The first-order valence-electron chi connectivity index (χ1n) is 10.9. The van der Waals surface area contributed by atoms with Gasteiger partial charge in [-0.25, -0.2) is 9.97 Å². The first kappa shape index (κ1) is 21.5. The summed E-state index contributed by atoms with van der Waals surface area (Å²) in [5, 5.41) is 3.95. The quantitative estimate of drug-likeness (QED) is 0.576. The number of likely N-dealkylation sites (tertiary alicyclic amines) is 1. The van der Waals surface area contributed by atoms with E-state index >= 15 is 0 Å². The molecular weight excluding hydrogens is 412 g/mol. The van der Waals surface area contributed by atoms with Crippen molar-refractivity contribution in [3.8, 4) is 11.6 Å². The lowest BCUT2D eigenvalue weighted by molar-refractivity contribution is -0.126.